The number of aryl methyl sites for hydroxylation is 2. The van der Waals surface area contributed by atoms with Crippen LogP contribution in [0.15, 0.2) is 30.3 Å². The van der Waals surface area contributed by atoms with Crippen molar-refractivity contribution in [2.75, 3.05) is 5.32 Å². The van der Waals surface area contributed by atoms with Gasteiger partial charge in [-0.05, 0) is 77.9 Å². The number of rotatable bonds is 2. The van der Waals surface area contributed by atoms with E-state index in [-0.39, 0.29) is 10.7 Å². The Morgan fingerprint density at radius 1 is 1.20 bits per heavy atom. The summed E-state index contributed by atoms with van der Waals surface area (Å²) < 4.78 is 39.5. The molecule has 3 rings (SSSR count). The van der Waals surface area contributed by atoms with Gasteiger partial charge in [0.25, 0.3) is 5.91 Å². The summed E-state index contributed by atoms with van der Waals surface area (Å²) in [6.07, 6.45) is -4.51. The molecule has 1 amide bonds. The number of benzene rings is 1. The Morgan fingerprint density at radius 2 is 1.92 bits per heavy atom. The molecule has 1 N–H and O–H groups in total. The molecule has 0 unspecified atom stereocenters. The number of pyridine rings is 1. The largest absolute Gasteiger partial charge is 0.433 e. The van der Waals surface area contributed by atoms with Crippen LogP contribution < -0.4 is 5.32 Å². The maximum absolute atomic E-state index is 12.8. The number of carbonyl (C=O) groups is 1. The molecule has 3 nitrogen and oxygen atoms in total. The van der Waals surface area contributed by atoms with Crippen molar-refractivity contribution in [1.82, 2.24) is 4.98 Å². The number of thiophene rings is 1. The van der Waals surface area contributed by atoms with Gasteiger partial charge in [-0.2, -0.15) is 13.2 Å². The lowest BCUT2D eigenvalue weighted by molar-refractivity contribution is -0.140. The van der Waals surface area contributed by atoms with Gasteiger partial charge in [0.1, 0.15) is 10.5 Å². The van der Waals surface area contributed by atoms with Crippen molar-refractivity contribution >= 4 is 55.7 Å². The Balaban J connectivity index is 1.97. The molecule has 25 heavy (non-hydrogen) atoms. The third kappa shape index (κ3) is 3.64. The van der Waals surface area contributed by atoms with Crippen molar-refractivity contribution < 1.29 is 18.0 Å². The van der Waals surface area contributed by atoms with E-state index < -0.39 is 11.9 Å². The number of nitrogens with one attached hydrogen (secondary N) is 1. The maximum atomic E-state index is 12.8. The van der Waals surface area contributed by atoms with Crippen molar-refractivity contribution in [3.63, 3.8) is 0 Å². The first-order valence-corrected chi connectivity index (χ1v) is 9.11. The van der Waals surface area contributed by atoms with Crippen molar-refractivity contribution in [3.8, 4) is 0 Å². The first-order valence-electron chi connectivity index (χ1n) is 7.21. The molecule has 0 aliphatic heterocycles. The molecule has 0 atom stereocenters. The summed E-state index contributed by atoms with van der Waals surface area (Å²) in [7, 11) is 0. The summed E-state index contributed by atoms with van der Waals surface area (Å²) in [5.41, 5.74) is 1.26. The molecule has 0 bridgehead atoms. The predicted octanol–water partition coefficient (Wildman–Crippen LogP) is 5.79. The Bertz CT molecular complexity index is 982. The summed E-state index contributed by atoms with van der Waals surface area (Å²) in [5, 5.41) is 3.38. The van der Waals surface area contributed by atoms with Crippen LogP contribution >= 0.6 is 33.9 Å². The molecule has 3 aromatic rings. The van der Waals surface area contributed by atoms with Crippen LogP contribution in [0.1, 0.15) is 26.5 Å². The molecule has 0 aliphatic carbocycles. The SMILES string of the molecule is Cc1cc(I)ccc1NC(=O)c1sc2nc(C(F)(F)F)ccc2c1C. The van der Waals surface area contributed by atoms with Gasteiger partial charge < -0.3 is 5.32 Å². The van der Waals surface area contributed by atoms with E-state index >= 15 is 0 Å². The Labute approximate surface area is 159 Å². The molecule has 0 saturated heterocycles. The van der Waals surface area contributed by atoms with E-state index in [0.29, 0.717) is 21.5 Å². The zero-order chi connectivity index (χ0) is 18.4. The van der Waals surface area contributed by atoms with E-state index in [2.05, 4.69) is 32.9 Å². The Hall–Kier alpha value is -1.68. The van der Waals surface area contributed by atoms with Gasteiger partial charge in [0, 0.05) is 14.6 Å². The van der Waals surface area contributed by atoms with Crippen LogP contribution in [0, 0.1) is 17.4 Å². The lowest BCUT2D eigenvalue weighted by atomic mass is 10.1. The molecule has 1 aromatic carbocycles. The Morgan fingerprint density at radius 3 is 2.56 bits per heavy atom. The fourth-order valence-corrected chi connectivity index (χ4v) is 4.14. The lowest BCUT2D eigenvalue weighted by Gasteiger charge is -2.08. The van der Waals surface area contributed by atoms with Gasteiger partial charge in [-0.25, -0.2) is 4.98 Å². The zero-order valence-corrected chi connectivity index (χ0v) is 16.1. The molecule has 0 radical (unpaired) electrons. The molecule has 0 fully saturated rings. The van der Waals surface area contributed by atoms with E-state index in [0.717, 1.165) is 26.5 Å². The van der Waals surface area contributed by atoms with Gasteiger partial charge >= 0.3 is 6.18 Å². The highest BCUT2D eigenvalue weighted by Crippen LogP contribution is 2.34. The van der Waals surface area contributed by atoms with Crippen molar-refractivity contribution in [2.24, 2.45) is 0 Å². The molecule has 2 aromatic heterocycles. The minimum atomic E-state index is -4.51. The molecule has 8 heteroatoms. The number of aromatic nitrogens is 1. The van der Waals surface area contributed by atoms with Gasteiger partial charge in [-0.15, -0.1) is 11.3 Å². The van der Waals surface area contributed by atoms with E-state index in [1.807, 2.05) is 19.1 Å². The number of amides is 1. The van der Waals surface area contributed by atoms with E-state index in [4.69, 9.17) is 0 Å². The highest BCUT2D eigenvalue weighted by atomic mass is 127. The van der Waals surface area contributed by atoms with Crippen LogP contribution in [0.3, 0.4) is 0 Å². The second kappa shape index (κ2) is 6.56. The summed E-state index contributed by atoms with van der Waals surface area (Å²) in [6.45, 7) is 3.59. The zero-order valence-electron chi connectivity index (χ0n) is 13.2. The molecular weight excluding hydrogens is 464 g/mol. The van der Waals surface area contributed by atoms with Gasteiger partial charge in [0.15, 0.2) is 0 Å². The van der Waals surface area contributed by atoms with E-state index in [9.17, 15) is 18.0 Å². The number of halogens is 4. The average Bonchev–Trinajstić information content (AvgIpc) is 2.86. The van der Waals surface area contributed by atoms with Crippen molar-refractivity contribution in [2.45, 2.75) is 20.0 Å². The van der Waals surface area contributed by atoms with Gasteiger partial charge in [0.2, 0.25) is 0 Å². The third-order valence-electron chi connectivity index (χ3n) is 3.74. The van der Waals surface area contributed by atoms with Crippen LogP contribution in [-0.2, 0) is 6.18 Å². The predicted molar refractivity (Wildman–Crippen MR) is 101 cm³/mol. The normalized spacial score (nSPS) is 11.8. The second-order valence-electron chi connectivity index (χ2n) is 5.52. The van der Waals surface area contributed by atoms with Crippen LogP contribution in [0.2, 0.25) is 0 Å². The summed E-state index contributed by atoms with van der Waals surface area (Å²) in [5.74, 6) is -0.349. The lowest BCUT2D eigenvalue weighted by Crippen LogP contribution is -2.12. The number of hydrogen-bond acceptors (Lipinski definition) is 3. The highest BCUT2D eigenvalue weighted by Gasteiger charge is 2.33. The fraction of sp³-hybridized carbons (Fsp3) is 0.176. The molecular formula is C17H12F3IN2OS. The van der Waals surface area contributed by atoms with Gasteiger partial charge in [-0.3, -0.25) is 4.79 Å². The number of hydrogen-bond donors (Lipinski definition) is 1. The molecule has 2 heterocycles. The molecule has 0 aliphatic rings. The number of anilines is 1. The van der Waals surface area contributed by atoms with Crippen molar-refractivity contribution in [1.29, 1.82) is 0 Å². The number of carbonyl (C=O) groups excluding carboxylic acids is 1. The minimum absolute atomic E-state index is 0.205. The first-order chi connectivity index (χ1) is 11.7. The summed E-state index contributed by atoms with van der Waals surface area (Å²) in [4.78, 5) is 16.8. The number of fused-ring (bicyclic) bond motifs is 1. The van der Waals surface area contributed by atoms with Gasteiger partial charge in [-0.1, -0.05) is 0 Å². The van der Waals surface area contributed by atoms with Crippen LogP contribution in [0.4, 0.5) is 18.9 Å². The average molecular weight is 476 g/mol. The monoisotopic (exact) mass is 476 g/mol. The van der Waals surface area contributed by atoms with Crippen molar-refractivity contribution in [3.05, 3.63) is 55.6 Å². The maximum Gasteiger partial charge on any atom is 0.433 e. The third-order valence-corrected chi connectivity index (χ3v) is 5.61. The minimum Gasteiger partial charge on any atom is -0.321 e. The van der Waals surface area contributed by atoms with Crippen LogP contribution in [-0.4, -0.2) is 10.9 Å². The topological polar surface area (TPSA) is 42.0 Å². The standard InChI is InChI=1S/C17H12F3IN2OS/c1-8-7-10(21)3-5-12(8)22-15(24)14-9(2)11-4-6-13(17(18,19)20)23-16(11)25-14/h3-7H,1-2H3,(H,22,24). The summed E-state index contributed by atoms with van der Waals surface area (Å²) >= 11 is 3.15. The fourth-order valence-electron chi connectivity index (χ4n) is 2.42. The molecule has 130 valence electrons. The number of nitrogens with zero attached hydrogens (tertiary/aromatic N) is 1. The second-order valence-corrected chi connectivity index (χ2v) is 7.76. The number of alkyl halides is 3. The quantitative estimate of drug-likeness (QED) is 0.476. The van der Waals surface area contributed by atoms with E-state index in [1.54, 1.807) is 13.0 Å². The highest BCUT2D eigenvalue weighted by molar-refractivity contribution is 14.1. The smallest absolute Gasteiger partial charge is 0.321 e. The molecule has 0 saturated carbocycles. The molecule has 0 spiro atoms. The summed E-state index contributed by atoms with van der Waals surface area (Å²) in [6, 6.07) is 7.91. The Kier molecular flexibility index (Phi) is 4.76. The van der Waals surface area contributed by atoms with Crippen LogP contribution in [0.5, 0.6) is 0 Å². The van der Waals surface area contributed by atoms with Gasteiger partial charge in [0.05, 0.1) is 4.88 Å². The van der Waals surface area contributed by atoms with E-state index in [1.165, 1.54) is 6.07 Å². The van der Waals surface area contributed by atoms with Crippen LogP contribution in [0.25, 0.3) is 10.2 Å². The first kappa shape index (κ1) is 18.1.